The van der Waals surface area contributed by atoms with Crippen LogP contribution in [-0.2, 0) is 9.53 Å². The van der Waals surface area contributed by atoms with Crippen molar-refractivity contribution in [1.29, 1.82) is 0 Å². The van der Waals surface area contributed by atoms with Crippen molar-refractivity contribution in [2.24, 2.45) is 0 Å². The normalized spacial score (nSPS) is 12.7. The average molecular weight is 284 g/mol. The summed E-state index contributed by atoms with van der Waals surface area (Å²) in [6.45, 7) is 5.84. The third-order valence-electron chi connectivity index (χ3n) is 2.86. The summed E-state index contributed by atoms with van der Waals surface area (Å²) in [5.41, 5.74) is 2.51. The lowest BCUT2D eigenvalue weighted by Gasteiger charge is -2.27. The van der Waals surface area contributed by atoms with Crippen molar-refractivity contribution >= 4 is 6.41 Å². The fourth-order valence-electron chi connectivity index (χ4n) is 2.00. The molecule has 0 aliphatic rings. The molecule has 2 aromatic rings. The van der Waals surface area contributed by atoms with Gasteiger partial charge in [0.15, 0.2) is 6.23 Å². The van der Waals surface area contributed by atoms with Gasteiger partial charge in [-0.1, -0.05) is 30.3 Å². The van der Waals surface area contributed by atoms with Gasteiger partial charge in [0, 0.05) is 23.5 Å². The number of amides is 1. The Kier molecular flexibility index (Phi) is 4.70. The van der Waals surface area contributed by atoms with Crippen molar-refractivity contribution in [3.63, 3.8) is 0 Å². The summed E-state index contributed by atoms with van der Waals surface area (Å²) in [7, 11) is 0. The molecule has 0 bridgehead atoms. The van der Waals surface area contributed by atoms with E-state index in [1.165, 1.54) is 0 Å². The number of aromatic nitrogens is 1. The van der Waals surface area contributed by atoms with Gasteiger partial charge in [0.2, 0.25) is 6.41 Å². The summed E-state index contributed by atoms with van der Waals surface area (Å²) < 4.78 is 5.87. The second kappa shape index (κ2) is 6.50. The van der Waals surface area contributed by atoms with Crippen LogP contribution in [0.4, 0.5) is 0 Å². The van der Waals surface area contributed by atoms with E-state index in [-0.39, 0.29) is 5.60 Å². The fraction of sp³-hybridized carbons (Fsp3) is 0.294. The maximum absolute atomic E-state index is 10.8. The fourth-order valence-corrected chi connectivity index (χ4v) is 2.00. The zero-order valence-electron chi connectivity index (χ0n) is 12.5. The first kappa shape index (κ1) is 15.2. The number of hydrogen-bond acceptors (Lipinski definition) is 3. The van der Waals surface area contributed by atoms with E-state index in [1.807, 2.05) is 57.2 Å². The minimum Gasteiger partial charge on any atom is -0.349 e. The summed E-state index contributed by atoms with van der Waals surface area (Å²) in [5.74, 6) is 0. The van der Waals surface area contributed by atoms with Crippen molar-refractivity contribution in [3.05, 3.63) is 54.4 Å². The Morgan fingerprint density at radius 1 is 1.14 bits per heavy atom. The Hall–Kier alpha value is -2.20. The van der Waals surface area contributed by atoms with Gasteiger partial charge >= 0.3 is 0 Å². The van der Waals surface area contributed by atoms with Crippen LogP contribution in [0, 0.1) is 0 Å². The average Bonchev–Trinajstić information content (AvgIpc) is 2.47. The molecule has 0 fully saturated rings. The van der Waals surface area contributed by atoms with Gasteiger partial charge in [-0.05, 0) is 32.4 Å². The lowest BCUT2D eigenvalue weighted by atomic mass is 10.1. The van der Waals surface area contributed by atoms with Crippen molar-refractivity contribution in [2.45, 2.75) is 32.6 Å². The molecule has 1 N–H and O–H groups in total. The summed E-state index contributed by atoms with van der Waals surface area (Å²) >= 11 is 0. The van der Waals surface area contributed by atoms with Crippen molar-refractivity contribution in [2.75, 3.05) is 0 Å². The van der Waals surface area contributed by atoms with Gasteiger partial charge in [0.1, 0.15) is 0 Å². The van der Waals surface area contributed by atoms with E-state index in [9.17, 15) is 4.79 Å². The Bertz CT molecular complexity index is 591. The smallest absolute Gasteiger partial charge is 0.209 e. The van der Waals surface area contributed by atoms with Crippen LogP contribution in [0.15, 0.2) is 48.8 Å². The van der Waals surface area contributed by atoms with Crippen molar-refractivity contribution in [1.82, 2.24) is 10.3 Å². The molecule has 4 heteroatoms. The Balaban J connectivity index is 2.31. The van der Waals surface area contributed by atoms with Crippen LogP contribution in [-0.4, -0.2) is 17.0 Å². The zero-order valence-corrected chi connectivity index (χ0v) is 12.5. The molecule has 1 aromatic heterocycles. The standard InChI is InChI=1S/C17H20N2O2/c1-17(2,3)21-16(19-12-20)15-9-14(10-18-11-15)13-7-5-4-6-8-13/h4-12,16H,1-3H3,(H,19,20). The van der Waals surface area contributed by atoms with E-state index in [0.29, 0.717) is 6.41 Å². The first-order valence-electron chi connectivity index (χ1n) is 6.87. The molecule has 110 valence electrons. The van der Waals surface area contributed by atoms with E-state index in [0.717, 1.165) is 16.7 Å². The first-order chi connectivity index (χ1) is 9.99. The third kappa shape index (κ3) is 4.39. The molecule has 0 radical (unpaired) electrons. The zero-order chi connectivity index (χ0) is 15.3. The number of ether oxygens (including phenoxy) is 1. The van der Waals surface area contributed by atoms with Crippen LogP contribution in [0.3, 0.4) is 0 Å². The maximum atomic E-state index is 10.8. The highest BCUT2D eigenvalue weighted by atomic mass is 16.5. The van der Waals surface area contributed by atoms with Gasteiger partial charge in [0.05, 0.1) is 5.60 Å². The van der Waals surface area contributed by atoms with E-state index >= 15 is 0 Å². The predicted octanol–water partition coefficient (Wildman–Crippen LogP) is 3.31. The second-order valence-corrected chi connectivity index (χ2v) is 5.77. The number of carbonyl (C=O) groups is 1. The minimum absolute atomic E-state index is 0.372. The highest BCUT2D eigenvalue weighted by Gasteiger charge is 2.20. The molecule has 1 heterocycles. The Morgan fingerprint density at radius 2 is 1.86 bits per heavy atom. The molecule has 0 aliphatic carbocycles. The molecule has 1 unspecified atom stereocenters. The number of carbonyl (C=O) groups excluding carboxylic acids is 1. The molecule has 4 nitrogen and oxygen atoms in total. The lowest BCUT2D eigenvalue weighted by Crippen LogP contribution is -2.31. The number of pyridine rings is 1. The third-order valence-corrected chi connectivity index (χ3v) is 2.86. The van der Waals surface area contributed by atoms with E-state index in [2.05, 4.69) is 10.3 Å². The Morgan fingerprint density at radius 3 is 2.48 bits per heavy atom. The molecule has 0 saturated carbocycles. The van der Waals surface area contributed by atoms with Gasteiger partial charge in [-0.15, -0.1) is 0 Å². The van der Waals surface area contributed by atoms with Crippen molar-refractivity contribution in [3.8, 4) is 11.1 Å². The molecule has 1 amide bonds. The number of rotatable bonds is 5. The first-order valence-corrected chi connectivity index (χ1v) is 6.87. The molecular formula is C17H20N2O2. The molecular weight excluding hydrogens is 264 g/mol. The van der Waals surface area contributed by atoms with Gasteiger partial charge < -0.3 is 10.1 Å². The van der Waals surface area contributed by atoms with Crippen LogP contribution in [0.5, 0.6) is 0 Å². The minimum atomic E-state index is -0.515. The van der Waals surface area contributed by atoms with E-state index in [4.69, 9.17) is 4.74 Å². The quantitative estimate of drug-likeness (QED) is 0.677. The summed E-state index contributed by atoms with van der Waals surface area (Å²) in [4.78, 5) is 15.1. The highest BCUT2D eigenvalue weighted by molar-refractivity contribution is 5.63. The van der Waals surface area contributed by atoms with E-state index in [1.54, 1.807) is 12.4 Å². The lowest BCUT2D eigenvalue weighted by molar-refractivity contribution is -0.120. The van der Waals surface area contributed by atoms with Crippen LogP contribution >= 0.6 is 0 Å². The van der Waals surface area contributed by atoms with Gasteiger partial charge in [0.25, 0.3) is 0 Å². The predicted molar refractivity (Wildman–Crippen MR) is 82.5 cm³/mol. The highest BCUT2D eigenvalue weighted by Crippen LogP contribution is 2.25. The van der Waals surface area contributed by atoms with Crippen molar-refractivity contribution < 1.29 is 9.53 Å². The maximum Gasteiger partial charge on any atom is 0.209 e. The van der Waals surface area contributed by atoms with Crippen LogP contribution in [0.1, 0.15) is 32.6 Å². The molecule has 1 aromatic carbocycles. The van der Waals surface area contributed by atoms with Gasteiger partial charge in [-0.3, -0.25) is 9.78 Å². The molecule has 2 rings (SSSR count). The van der Waals surface area contributed by atoms with Crippen LogP contribution in [0.2, 0.25) is 0 Å². The summed E-state index contributed by atoms with van der Waals surface area (Å²) in [5, 5.41) is 2.69. The van der Waals surface area contributed by atoms with Crippen LogP contribution in [0.25, 0.3) is 11.1 Å². The SMILES string of the molecule is CC(C)(C)OC(NC=O)c1cncc(-c2ccccc2)c1. The second-order valence-electron chi connectivity index (χ2n) is 5.77. The Labute approximate surface area is 125 Å². The van der Waals surface area contributed by atoms with Crippen LogP contribution < -0.4 is 5.32 Å². The molecule has 0 saturated heterocycles. The van der Waals surface area contributed by atoms with E-state index < -0.39 is 6.23 Å². The number of nitrogens with zero attached hydrogens (tertiary/aromatic N) is 1. The van der Waals surface area contributed by atoms with Gasteiger partial charge in [-0.2, -0.15) is 0 Å². The number of nitrogens with one attached hydrogen (secondary N) is 1. The molecule has 0 aliphatic heterocycles. The summed E-state index contributed by atoms with van der Waals surface area (Å²) in [6, 6.07) is 12.0. The molecule has 21 heavy (non-hydrogen) atoms. The summed E-state index contributed by atoms with van der Waals surface area (Å²) in [6.07, 6.45) is 3.64. The monoisotopic (exact) mass is 284 g/mol. The molecule has 0 spiro atoms. The number of benzene rings is 1. The van der Waals surface area contributed by atoms with Gasteiger partial charge in [-0.25, -0.2) is 0 Å². The number of hydrogen-bond donors (Lipinski definition) is 1. The largest absolute Gasteiger partial charge is 0.349 e. The topological polar surface area (TPSA) is 51.2 Å². The molecule has 1 atom stereocenters.